The summed E-state index contributed by atoms with van der Waals surface area (Å²) in [6.07, 6.45) is 9.38. The Hall–Kier alpha value is -2.66. The summed E-state index contributed by atoms with van der Waals surface area (Å²) in [6.45, 7) is 0.597. The van der Waals surface area contributed by atoms with Crippen LogP contribution in [0.1, 0.15) is 53.0 Å². The van der Waals surface area contributed by atoms with Crippen LogP contribution in [-0.4, -0.2) is 23.3 Å². The molecule has 0 saturated heterocycles. The van der Waals surface area contributed by atoms with E-state index in [1.807, 2.05) is 0 Å². The highest BCUT2D eigenvalue weighted by Crippen LogP contribution is 2.19. The zero-order valence-electron chi connectivity index (χ0n) is 15.0. The van der Waals surface area contributed by atoms with Crippen molar-refractivity contribution in [1.29, 1.82) is 0 Å². The van der Waals surface area contributed by atoms with Crippen LogP contribution >= 0.6 is 11.6 Å². The predicted molar refractivity (Wildman–Crippen MR) is 107 cm³/mol. The molecule has 5 nitrogen and oxygen atoms in total. The topological polar surface area (TPSA) is 71.1 Å². The summed E-state index contributed by atoms with van der Waals surface area (Å²) < 4.78 is 0. The van der Waals surface area contributed by atoms with Gasteiger partial charge >= 0.3 is 0 Å². The number of rotatable bonds is 6. The van der Waals surface area contributed by atoms with Crippen molar-refractivity contribution >= 4 is 29.1 Å². The van der Waals surface area contributed by atoms with Crippen LogP contribution in [0, 0.1) is 0 Å². The maximum Gasteiger partial charge on any atom is 0.274 e. The van der Waals surface area contributed by atoms with Crippen molar-refractivity contribution in [3.63, 3.8) is 0 Å². The second kappa shape index (κ2) is 9.33. The van der Waals surface area contributed by atoms with Gasteiger partial charge in [-0.1, -0.05) is 23.3 Å². The van der Waals surface area contributed by atoms with E-state index in [0.717, 1.165) is 19.3 Å². The molecule has 0 radical (unpaired) electrons. The molecule has 0 fully saturated rings. The molecule has 1 heterocycles. The Labute approximate surface area is 163 Å². The molecule has 0 atom stereocenters. The molecule has 3 rings (SSSR count). The van der Waals surface area contributed by atoms with Crippen molar-refractivity contribution in [3.8, 4) is 0 Å². The van der Waals surface area contributed by atoms with Crippen LogP contribution in [0.3, 0.4) is 0 Å². The Balaban J connectivity index is 1.57. The van der Waals surface area contributed by atoms with Gasteiger partial charge in [-0.25, -0.2) is 0 Å². The van der Waals surface area contributed by atoms with Crippen molar-refractivity contribution in [2.45, 2.75) is 32.1 Å². The summed E-state index contributed by atoms with van der Waals surface area (Å²) in [5, 5.41) is 6.24. The molecule has 1 aliphatic rings. The molecule has 2 amide bonds. The number of carbonyl (C=O) groups is 2. The third-order valence-electron chi connectivity index (χ3n) is 4.47. The Morgan fingerprint density at radius 3 is 2.63 bits per heavy atom. The van der Waals surface area contributed by atoms with Gasteiger partial charge in [-0.05, 0) is 68.5 Å². The summed E-state index contributed by atoms with van der Waals surface area (Å²) in [7, 11) is 0. The third-order valence-corrected chi connectivity index (χ3v) is 4.73. The first-order valence-electron chi connectivity index (χ1n) is 9.11. The maximum atomic E-state index is 12.4. The van der Waals surface area contributed by atoms with Crippen molar-refractivity contribution in [3.05, 3.63) is 70.5 Å². The van der Waals surface area contributed by atoms with E-state index in [2.05, 4.69) is 21.7 Å². The number of allylic oxidation sites excluding steroid dienone is 1. The van der Waals surface area contributed by atoms with Crippen molar-refractivity contribution in [1.82, 2.24) is 10.3 Å². The highest BCUT2D eigenvalue weighted by molar-refractivity contribution is 6.30. The van der Waals surface area contributed by atoms with Crippen LogP contribution in [0.25, 0.3) is 0 Å². The molecule has 0 aliphatic heterocycles. The molecule has 1 aromatic carbocycles. The summed E-state index contributed by atoms with van der Waals surface area (Å²) in [5.41, 5.74) is 2.64. The number of halogens is 1. The lowest BCUT2D eigenvalue weighted by atomic mass is 9.97. The number of benzene rings is 1. The minimum absolute atomic E-state index is 0.188. The fourth-order valence-electron chi connectivity index (χ4n) is 2.99. The first-order chi connectivity index (χ1) is 13.1. The Kier molecular flexibility index (Phi) is 6.60. The molecule has 6 heteroatoms. The van der Waals surface area contributed by atoms with Gasteiger partial charge in [-0.3, -0.25) is 14.6 Å². The van der Waals surface area contributed by atoms with E-state index in [0.29, 0.717) is 22.8 Å². The monoisotopic (exact) mass is 383 g/mol. The number of carbonyl (C=O) groups excluding carboxylic acids is 2. The molecule has 1 aromatic heterocycles. The lowest BCUT2D eigenvalue weighted by molar-refractivity contribution is 0.0954. The zero-order valence-corrected chi connectivity index (χ0v) is 15.8. The summed E-state index contributed by atoms with van der Waals surface area (Å²) >= 11 is 5.84. The molecule has 27 heavy (non-hydrogen) atoms. The zero-order chi connectivity index (χ0) is 19.1. The molecule has 0 spiro atoms. The smallest absolute Gasteiger partial charge is 0.274 e. The second-order valence-electron chi connectivity index (χ2n) is 6.50. The highest BCUT2D eigenvalue weighted by Gasteiger charge is 2.12. The van der Waals surface area contributed by atoms with Crippen LogP contribution in [-0.2, 0) is 0 Å². The maximum absolute atomic E-state index is 12.4. The summed E-state index contributed by atoms with van der Waals surface area (Å²) in [4.78, 5) is 28.8. The number of anilines is 1. The normalized spacial score (nSPS) is 13.6. The molecule has 2 N–H and O–H groups in total. The minimum Gasteiger partial charge on any atom is -0.352 e. The second-order valence-corrected chi connectivity index (χ2v) is 6.94. The largest absolute Gasteiger partial charge is 0.352 e. The minimum atomic E-state index is -0.376. The van der Waals surface area contributed by atoms with E-state index in [-0.39, 0.29) is 17.5 Å². The first-order valence-corrected chi connectivity index (χ1v) is 9.49. The van der Waals surface area contributed by atoms with Gasteiger partial charge in [0.2, 0.25) is 0 Å². The van der Waals surface area contributed by atoms with Crippen LogP contribution < -0.4 is 10.6 Å². The lowest BCUT2D eigenvalue weighted by Crippen LogP contribution is -2.25. The molecule has 0 unspecified atom stereocenters. The Morgan fingerprint density at radius 2 is 1.89 bits per heavy atom. The SMILES string of the molecule is O=C(NCCC1=CCCCC1)c1ccnc(C(=O)Nc2ccc(Cl)cc2)c1. The summed E-state index contributed by atoms with van der Waals surface area (Å²) in [5.74, 6) is -0.575. The molecular formula is C21H22ClN3O2. The van der Waals surface area contributed by atoms with Gasteiger partial charge in [0.15, 0.2) is 0 Å². The fraction of sp³-hybridized carbons (Fsp3) is 0.286. The summed E-state index contributed by atoms with van der Waals surface area (Å²) in [6, 6.07) is 9.90. The predicted octanol–water partition coefficient (Wildman–Crippen LogP) is 4.61. The van der Waals surface area contributed by atoms with E-state index in [1.54, 1.807) is 30.3 Å². The standard InChI is InChI=1S/C21H22ClN3O2/c22-17-6-8-18(9-7-17)25-21(27)19-14-16(11-13-23-19)20(26)24-12-10-15-4-2-1-3-5-15/h4,6-9,11,13-14H,1-3,5,10,12H2,(H,24,26)(H,25,27). The number of amides is 2. The van der Waals surface area contributed by atoms with Crippen molar-refractivity contribution in [2.75, 3.05) is 11.9 Å². The molecule has 140 valence electrons. The number of nitrogens with zero attached hydrogens (tertiary/aromatic N) is 1. The van der Waals surface area contributed by atoms with E-state index in [4.69, 9.17) is 11.6 Å². The van der Waals surface area contributed by atoms with Gasteiger partial charge in [0, 0.05) is 29.0 Å². The van der Waals surface area contributed by atoms with E-state index < -0.39 is 0 Å². The fourth-order valence-corrected chi connectivity index (χ4v) is 3.12. The van der Waals surface area contributed by atoms with Gasteiger partial charge in [0.25, 0.3) is 11.8 Å². The van der Waals surface area contributed by atoms with Gasteiger partial charge in [-0.2, -0.15) is 0 Å². The molecular weight excluding hydrogens is 362 g/mol. The average Bonchev–Trinajstić information content (AvgIpc) is 2.70. The molecule has 0 bridgehead atoms. The lowest BCUT2D eigenvalue weighted by Gasteiger charge is -2.13. The number of nitrogens with one attached hydrogen (secondary N) is 2. The van der Waals surface area contributed by atoms with E-state index in [1.165, 1.54) is 30.7 Å². The van der Waals surface area contributed by atoms with Crippen molar-refractivity contribution < 1.29 is 9.59 Å². The van der Waals surface area contributed by atoms with Crippen molar-refractivity contribution in [2.24, 2.45) is 0 Å². The quantitative estimate of drug-likeness (QED) is 0.715. The molecule has 0 saturated carbocycles. The highest BCUT2D eigenvalue weighted by atomic mass is 35.5. The van der Waals surface area contributed by atoms with E-state index >= 15 is 0 Å². The first kappa shape index (κ1) is 19.1. The average molecular weight is 384 g/mol. The Morgan fingerprint density at radius 1 is 1.07 bits per heavy atom. The number of hydrogen-bond donors (Lipinski definition) is 2. The Bertz CT molecular complexity index is 847. The van der Waals surface area contributed by atoms with Crippen LogP contribution in [0.2, 0.25) is 5.02 Å². The van der Waals surface area contributed by atoms with Crippen LogP contribution in [0.4, 0.5) is 5.69 Å². The molecule has 1 aliphatic carbocycles. The number of hydrogen-bond acceptors (Lipinski definition) is 3. The number of pyridine rings is 1. The third kappa shape index (κ3) is 5.66. The van der Waals surface area contributed by atoms with Crippen LogP contribution in [0.5, 0.6) is 0 Å². The van der Waals surface area contributed by atoms with Gasteiger partial charge < -0.3 is 10.6 Å². The van der Waals surface area contributed by atoms with Gasteiger partial charge in [0.05, 0.1) is 0 Å². The van der Waals surface area contributed by atoms with Gasteiger partial charge in [-0.15, -0.1) is 0 Å². The number of aromatic nitrogens is 1. The van der Waals surface area contributed by atoms with Gasteiger partial charge in [0.1, 0.15) is 5.69 Å². The van der Waals surface area contributed by atoms with Crippen LogP contribution in [0.15, 0.2) is 54.2 Å². The van der Waals surface area contributed by atoms with E-state index in [9.17, 15) is 9.59 Å². The molecule has 2 aromatic rings.